The molecule has 3 aliphatic heterocycles. The molecule has 0 aromatic heterocycles. The summed E-state index contributed by atoms with van der Waals surface area (Å²) in [7, 11) is 1.78. The highest BCUT2D eigenvalue weighted by Crippen LogP contribution is 2.89. The van der Waals surface area contributed by atoms with Gasteiger partial charge in [0.25, 0.3) is 0 Å². The number of fused-ring (bicyclic) bond motifs is 4. The number of morpholine rings is 1. The van der Waals surface area contributed by atoms with Gasteiger partial charge in [0.2, 0.25) is 0 Å². The fourth-order valence-electron chi connectivity index (χ4n) is 15.3. The van der Waals surface area contributed by atoms with Crippen LogP contribution in [-0.4, -0.2) is 128 Å². The summed E-state index contributed by atoms with van der Waals surface area (Å²) in [6.07, 6.45) is 6.77. The largest absolute Gasteiger partial charge is 0.457 e. The van der Waals surface area contributed by atoms with Gasteiger partial charge in [-0.3, -0.25) is 9.69 Å². The number of hydrogen-bond acceptors (Lipinski definition) is 10. The van der Waals surface area contributed by atoms with Crippen molar-refractivity contribution in [2.45, 2.75) is 149 Å². The molecule has 8 fully saturated rings. The molecule has 8 aliphatic rings. The SMILES string of the molecule is COCCN1CC(CN2CCOC(OC3CCC45CC46CCC4(C)C7C(C)CC(C(OC(C)=O)C(C)(C)O)OC7C(O)C4(C)C6CCC5C3(C)C)C2)C1. The van der Waals surface area contributed by atoms with Crippen LogP contribution in [0, 0.1) is 56.7 Å². The molecule has 10 heteroatoms. The van der Waals surface area contributed by atoms with E-state index in [0.29, 0.717) is 23.7 Å². The van der Waals surface area contributed by atoms with Gasteiger partial charge in [0.05, 0.1) is 43.2 Å². The van der Waals surface area contributed by atoms with Gasteiger partial charge in [-0.05, 0) is 116 Å². The lowest BCUT2D eigenvalue weighted by Crippen LogP contribution is -2.60. The Hall–Kier alpha value is -0.850. The number of carbonyl (C=O) groups is 1. The van der Waals surface area contributed by atoms with Crippen molar-refractivity contribution in [2.24, 2.45) is 56.7 Å². The third kappa shape index (κ3) is 5.86. The minimum absolute atomic E-state index is 0.0474. The molecular formula is C43H72N2O8. The van der Waals surface area contributed by atoms with Crippen LogP contribution in [0.15, 0.2) is 0 Å². The molecule has 302 valence electrons. The normalized spacial score (nSPS) is 48.7. The Balaban J connectivity index is 0.957. The maximum absolute atomic E-state index is 12.6. The number of hydrogen-bond donors (Lipinski definition) is 2. The number of nitrogens with zero attached hydrogens (tertiary/aromatic N) is 2. The second-order valence-electron chi connectivity index (χ2n) is 21.0. The van der Waals surface area contributed by atoms with E-state index in [-0.39, 0.29) is 52.0 Å². The van der Waals surface area contributed by atoms with Gasteiger partial charge in [-0.15, -0.1) is 0 Å². The minimum atomic E-state index is -1.25. The monoisotopic (exact) mass is 745 g/mol. The maximum Gasteiger partial charge on any atom is 0.303 e. The summed E-state index contributed by atoms with van der Waals surface area (Å²) in [5, 5.41) is 23.7. The zero-order chi connectivity index (χ0) is 37.9. The lowest BCUT2D eigenvalue weighted by atomic mass is 9.41. The third-order valence-corrected chi connectivity index (χ3v) is 17.7. The number of carbonyl (C=O) groups excluding carboxylic acids is 1. The summed E-state index contributed by atoms with van der Waals surface area (Å²) in [6, 6.07) is 0. The second kappa shape index (κ2) is 13.4. The molecular weight excluding hydrogens is 672 g/mol. The van der Waals surface area contributed by atoms with Gasteiger partial charge >= 0.3 is 5.97 Å². The molecule has 2 N–H and O–H groups in total. The summed E-state index contributed by atoms with van der Waals surface area (Å²) in [4.78, 5) is 17.2. The van der Waals surface area contributed by atoms with E-state index in [0.717, 1.165) is 77.7 Å². The molecule has 53 heavy (non-hydrogen) atoms. The lowest BCUT2D eigenvalue weighted by Gasteiger charge is -2.64. The zero-order valence-corrected chi connectivity index (χ0v) is 34.4. The van der Waals surface area contributed by atoms with Crippen LogP contribution >= 0.6 is 0 Å². The molecule has 5 saturated carbocycles. The number of esters is 1. The van der Waals surface area contributed by atoms with E-state index in [1.807, 2.05) is 0 Å². The highest BCUT2D eigenvalue weighted by Gasteiger charge is 2.84. The topological polar surface area (TPSA) is 110 Å². The van der Waals surface area contributed by atoms with Crippen molar-refractivity contribution < 1.29 is 38.7 Å². The first kappa shape index (κ1) is 39.0. The van der Waals surface area contributed by atoms with Crippen LogP contribution in [0.1, 0.15) is 107 Å². The summed E-state index contributed by atoms with van der Waals surface area (Å²) in [6.45, 7) is 24.8. The molecule has 10 nitrogen and oxygen atoms in total. The van der Waals surface area contributed by atoms with Crippen LogP contribution in [0.2, 0.25) is 0 Å². The Kier molecular flexibility index (Phi) is 9.83. The standard InChI is InChI=1S/C43H72N2O8/c1-26-20-29(37(39(5,6)48)51-27(2)46)52-35-34(26)40(7)14-15-43-25-42(43)13-12-32(38(3,4)30(42)10-11-31(43)41(40,8)36(35)47)53-33-24-45(17-19-50-33)23-28-21-44(22-28)16-18-49-9/h26,28-37,47-48H,10-25H2,1-9H3. The molecule has 3 heterocycles. The fourth-order valence-corrected chi connectivity index (χ4v) is 15.3. The molecule has 14 atom stereocenters. The molecule has 0 amide bonds. The molecule has 14 unspecified atom stereocenters. The van der Waals surface area contributed by atoms with Crippen LogP contribution in [0.3, 0.4) is 0 Å². The Bertz CT molecular complexity index is 1380. The van der Waals surface area contributed by atoms with Crippen molar-refractivity contribution in [3.8, 4) is 0 Å². The Morgan fingerprint density at radius 1 is 1.00 bits per heavy atom. The quantitative estimate of drug-likeness (QED) is 0.293. The first-order chi connectivity index (χ1) is 24.9. The molecule has 0 bridgehead atoms. The number of rotatable bonds is 10. The first-order valence-corrected chi connectivity index (χ1v) is 21.3. The van der Waals surface area contributed by atoms with Gasteiger partial charge < -0.3 is 38.8 Å². The summed E-state index contributed by atoms with van der Waals surface area (Å²) in [5.74, 6) is 1.84. The minimum Gasteiger partial charge on any atom is -0.457 e. The Labute approximate surface area is 319 Å². The van der Waals surface area contributed by atoms with Gasteiger partial charge in [0, 0.05) is 58.7 Å². The van der Waals surface area contributed by atoms with E-state index in [1.165, 1.54) is 32.6 Å². The van der Waals surface area contributed by atoms with Crippen molar-refractivity contribution >= 4 is 5.97 Å². The Morgan fingerprint density at radius 2 is 1.72 bits per heavy atom. The van der Waals surface area contributed by atoms with E-state index in [2.05, 4.69) is 44.4 Å². The Morgan fingerprint density at radius 3 is 2.42 bits per heavy atom. The highest BCUT2D eigenvalue weighted by atomic mass is 16.7. The average Bonchev–Trinajstić information content (AvgIpc) is 3.70. The third-order valence-electron chi connectivity index (χ3n) is 17.7. The molecule has 5 aliphatic carbocycles. The number of aliphatic hydroxyl groups excluding tert-OH is 1. The summed E-state index contributed by atoms with van der Waals surface area (Å²) < 4.78 is 31.2. The van der Waals surface area contributed by atoms with Crippen molar-refractivity contribution in [2.75, 3.05) is 59.6 Å². The highest BCUT2D eigenvalue weighted by molar-refractivity contribution is 5.66. The van der Waals surface area contributed by atoms with E-state index >= 15 is 0 Å². The predicted molar refractivity (Wildman–Crippen MR) is 201 cm³/mol. The molecule has 2 spiro atoms. The van der Waals surface area contributed by atoms with Gasteiger partial charge in [0.15, 0.2) is 12.4 Å². The maximum atomic E-state index is 12.6. The molecule has 0 aromatic carbocycles. The van der Waals surface area contributed by atoms with Gasteiger partial charge in [-0.1, -0.05) is 34.6 Å². The fraction of sp³-hybridized carbons (Fsp3) is 0.977. The van der Waals surface area contributed by atoms with Crippen LogP contribution in [0.4, 0.5) is 0 Å². The average molecular weight is 745 g/mol. The predicted octanol–water partition coefficient (Wildman–Crippen LogP) is 5.12. The summed E-state index contributed by atoms with van der Waals surface area (Å²) >= 11 is 0. The second-order valence-corrected chi connectivity index (χ2v) is 21.0. The van der Waals surface area contributed by atoms with Crippen molar-refractivity contribution in [3.63, 3.8) is 0 Å². The number of methoxy groups -OCH3 is 1. The van der Waals surface area contributed by atoms with Gasteiger partial charge in [-0.2, -0.15) is 0 Å². The van der Waals surface area contributed by atoms with Crippen LogP contribution < -0.4 is 0 Å². The zero-order valence-electron chi connectivity index (χ0n) is 34.4. The van der Waals surface area contributed by atoms with E-state index < -0.39 is 29.9 Å². The number of likely N-dealkylation sites (tertiary alicyclic amines) is 1. The lowest BCUT2D eigenvalue weighted by molar-refractivity contribution is -0.249. The van der Waals surface area contributed by atoms with E-state index in [4.69, 9.17) is 23.7 Å². The van der Waals surface area contributed by atoms with Crippen LogP contribution in [0.25, 0.3) is 0 Å². The molecule has 3 saturated heterocycles. The number of ether oxygens (including phenoxy) is 5. The van der Waals surface area contributed by atoms with Crippen LogP contribution in [-0.2, 0) is 28.5 Å². The van der Waals surface area contributed by atoms with E-state index in [1.54, 1.807) is 21.0 Å². The number of aliphatic hydroxyl groups is 2. The molecule has 0 aromatic rings. The van der Waals surface area contributed by atoms with Crippen molar-refractivity contribution in [1.29, 1.82) is 0 Å². The smallest absolute Gasteiger partial charge is 0.303 e. The molecule has 8 rings (SSSR count). The van der Waals surface area contributed by atoms with Gasteiger partial charge in [0.1, 0.15) is 0 Å². The van der Waals surface area contributed by atoms with Crippen molar-refractivity contribution in [3.05, 3.63) is 0 Å². The summed E-state index contributed by atoms with van der Waals surface area (Å²) in [5.41, 5.74) is -0.966. The van der Waals surface area contributed by atoms with Crippen molar-refractivity contribution in [1.82, 2.24) is 9.80 Å². The van der Waals surface area contributed by atoms with E-state index in [9.17, 15) is 15.0 Å². The van der Waals surface area contributed by atoms with Crippen LogP contribution in [0.5, 0.6) is 0 Å². The van der Waals surface area contributed by atoms with Gasteiger partial charge in [-0.25, -0.2) is 0 Å². The first-order valence-electron chi connectivity index (χ1n) is 21.3. The molecule has 0 radical (unpaired) electrons.